The first-order valence-electron chi connectivity index (χ1n) is 8.44. The molecule has 1 aliphatic rings. The number of aromatic nitrogens is 2. The molecule has 0 aliphatic carbocycles. The number of carbonyl (C=O) groups is 1. The van der Waals surface area contributed by atoms with Gasteiger partial charge in [0.05, 0.1) is 6.54 Å². The molecular weight excluding hydrogens is 346 g/mol. The Morgan fingerprint density at radius 2 is 1.92 bits per heavy atom. The minimum Gasteiger partial charge on any atom is -0.352 e. The number of Topliss-reactive ketones (excluding diaryl/α,β-unsaturated/α-hetero) is 1. The molecule has 0 amide bonds. The van der Waals surface area contributed by atoms with E-state index in [1.807, 2.05) is 29.6 Å². The first kappa shape index (κ1) is 16.6. The van der Waals surface area contributed by atoms with Crippen molar-refractivity contribution in [2.75, 3.05) is 37.6 Å². The molecule has 0 radical (unpaired) electrons. The van der Waals surface area contributed by atoms with E-state index in [-0.39, 0.29) is 5.78 Å². The van der Waals surface area contributed by atoms with Gasteiger partial charge in [0.1, 0.15) is 6.07 Å². The zero-order valence-electron chi connectivity index (χ0n) is 14.1. The SMILES string of the molecule is N#Cc1nccnc1N1CCN(CC(=O)c2csc3ccccc23)CC1. The van der Waals surface area contributed by atoms with Gasteiger partial charge in [0.25, 0.3) is 0 Å². The number of hydrogen-bond acceptors (Lipinski definition) is 7. The van der Waals surface area contributed by atoms with Crippen LogP contribution in [-0.4, -0.2) is 53.4 Å². The Kier molecular flexibility index (Phi) is 4.61. The second-order valence-corrected chi connectivity index (χ2v) is 7.08. The van der Waals surface area contributed by atoms with E-state index in [1.54, 1.807) is 17.5 Å². The number of piperazine rings is 1. The molecule has 4 rings (SSSR count). The lowest BCUT2D eigenvalue weighted by Gasteiger charge is -2.35. The summed E-state index contributed by atoms with van der Waals surface area (Å²) >= 11 is 1.61. The molecule has 1 aliphatic heterocycles. The van der Waals surface area contributed by atoms with Crippen LogP contribution in [0.3, 0.4) is 0 Å². The maximum atomic E-state index is 12.7. The van der Waals surface area contributed by atoms with E-state index in [1.165, 1.54) is 6.20 Å². The molecule has 0 atom stereocenters. The fourth-order valence-corrected chi connectivity index (χ4v) is 4.21. The zero-order chi connectivity index (χ0) is 17.9. The number of hydrogen-bond donors (Lipinski definition) is 0. The highest BCUT2D eigenvalue weighted by Crippen LogP contribution is 2.26. The maximum absolute atomic E-state index is 12.7. The average Bonchev–Trinajstić information content (AvgIpc) is 3.13. The van der Waals surface area contributed by atoms with Crippen molar-refractivity contribution in [2.24, 2.45) is 0 Å². The van der Waals surface area contributed by atoms with Gasteiger partial charge in [-0.05, 0) is 6.07 Å². The van der Waals surface area contributed by atoms with Crippen LogP contribution in [0.5, 0.6) is 0 Å². The summed E-state index contributed by atoms with van der Waals surface area (Å²) in [5.41, 5.74) is 1.16. The number of benzene rings is 1. The summed E-state index contributed by atoms with van der Waals surface area (Å²) in [5, 5.41) is 12.2. The molecule has 2 aromatic heterocycles. The predicted octanol–water partition coefficient (Wildman–Crippen LogP) is 2.57. The van der Waals surface area contributed by atoms with Crippen LogP contribution < -0.4 is 4.90 Å². The number of ketones is 1. The van der Waals surface area contributed by atoms with Gasteiger partial charge in [0.15, 0.2) is 17.3 Å². The van der Waals surface area contributed by atoms with Crippen LogP contribution in [-0.2, 0) is 0 Å². The second kappa shape index (κ2) is 7.20. The van der Waals surface area contributed by atoms with Gasteiger partial charge in [-0.3, -0.25) is 9.69 Å². The molecule has 3 aromatic rings. The van der Waals surface area contributed by atoms with Crippen molar-refractivity contribution >= 4 is 33.0 Å². The van der Waals surface area contributed by atoms with Crippen LogP contribution in [0.4, 0.5) is 5.82 Å². The number of fused-ring (bicyclic) bond motifs is 1. The van der Waals surface area contributed by atoms with E-state index in [4.69, 9.17) is 0 Å². The van der Waals surface area contributed by atoms with Gasteiger partial charge in [-0.15, -0.1) is 11.3 Å². The Balaban J connectivity index is 1.41. The van der Waals surface area contributed by atoms with Crippen LogP contribution in [0.15, 0.2) is 42.0 Å². The third-order valence-electron chi connectivity index (χ3n) is 4.61. The van der Waals surface area contributed by atoms with Crippen LogP contribution in [0, 0.1) is 11.3 Å². The summed E-state index contributed by atoms with van der Waals surface area (Å²) in [7, 11) is 0. The van der Waals surface area contributed by atoms with Crippen LogP contribution in [0.1, 0.15) is 16.1 Å². The Morgan fingerprint density at radius 3 is 2.73 bits per heavy atom. The van der Waals surface area contributed by atoms with Gasteiger partial charge in [0, 0.05) is 59.6 Å². The topological polar surface area (TPSA) is 73.1 Å². The van der Waals surface area contributed by atoms with Crippen molar-refractivity contribution in [2.45, 2.75) is 0 Å². The zero-order valence-corrected chi connectivity index (χ0v) is 14.9. The first-order chi connectivity index (χ1) is 12.8. The molecule has 0 saturated carbocycles. The summed E-state index contributed by atoms with van der Waals surface area (Å²) in [4.78, 5) is 25.3. The van der Waals surface area contributed by atoms with E-state index in [0.717, 1.165) is 41.8 Å². The van der Waals surface area contributed by atoms with Crippen molar-refractivity contribution < 1.29 is 4.79 Å². The van der Waals surface area contributed by atoms with Gasteiger partial charge in [-0.1, -0.05) is 18.2 Å². The molecule has 0 unspecified atom stereocenters. The van der Waals surface area contributed by atoms with Crippen molar-refractivity contribution in [3.8, 4) is 6.07 Å². The number of nitriles is 1. The highest BCUT2D eigenvalue weighted by Gasteiger charge is 2.23. The Labute approximate surface area is 155 Å². The Hall–Kier alpha value is -2.82. The molecule has 0 bridgehead atoms. The number of rotatable bonds is 4. The lowest BCUT2D eigenvalue weighted by atomic mass is 10.1. The molecular formula is C19H17N5OS. The quantitative estimate of drug-likeness (QED) is 0.664. The second-order valence-electron chi connectivity index (χ2n) is 6.17. The lowest BCUT2D eigenvalue weighted by Crippen LogP contribution is -2.48. The fourth-order valence-electron chi connectivity index (χ4n) is 3.24. The number of thiophene rings is 1. The van der Waals surface area contributed by atoms with Crippen molar-refractivity contribution in [3.05, 3.63) is 53.3 Å². The summed E-state index contributed by atoms with van der Waals surface area (Å²) in [6.45, 7) is 3.39. The standard InChI is InChI=1S/C19H17N5OS/c20-11-16-19(22-6-5-21-16)24-9-7-23(8-10-24)12-17(25)15-13-26-18-4-2-1-3-14(15)18/h1-6,13H,7-10,12H2. The minimum atomic E-state index is 0.160. The molecule has 130 valence electrons. The van der Waals surface area contributed by atoms with E-state index < -0.39 is 0 Å². The molecule has 0 spiro atoms. The molecule has 0 N–H and O–H groups in total. The van der Waals surface area contributed by atoms with Gasteiger partial charge < -0.3 is 4.90 Å². The Bertz CT molecular complexity index is 985. The number of carbonyl (C=O) groups excluding carboxylic acids is 1. The molecule has 6 nitrogen and oxygen atoms in total. The van der Waals surface area contributed by atoms with Crippen LogP contribution >= 0.6 is 11.3 Å². The molecule has 7 heteroatoms. The van der Waals surface area contributed by atoms with Crippen molar-refractivity contribution in [1.82, 2.24) is 14.9 Å². The smallest absolute Gasteiger partial charge is 0.183 e. The van der Waals surface area contributed by atoms with Gasteiger partial charge in [-0.25, -0.2) is 9.97 Å². The Morgan fingerprint density at radius 1 is 1.15 bits per heavy atom. The highest BCUT2D eigenvalue weighted by molar-refractivity contribution is 7.17. The van der Waals surface area contributed by atoms with E-state index in [0.29, 0.717) is 18.1 Å². The summed E-state index contributed by atoms with van der Waals surface area (Å²) < 4.78 is 1.15. The van der Waals surface area contributed by atoms with Gasteiger partial charge >= 0.3 is 0 Å². The summed E-state index contributed by atoms with van der Waals surface area (Å²) in [6.07, 6.45) is 3.13. The average molecular weight is 363 g/mol. The molecule has 1 fully saturated rings. The highest BCUT2D eigenvalue weighted by atomic mass is 32.1. The third kappa shape index (κ3) is 3.17. The van der Waals surface area contributed by atoms with Crippen LogP contribution in [0.2, 0.25) is 0 Å². The predicted molar refractivity (Wildman–Crippen MR) is 102 cm³/mol. The number of anilines is 1. The lowest BCUT2D eigenvalue weighted by molar-refractivity contribution is 0.0928. The van der Waals surface area contributed by atoms with E-state index >= 15 is 0 Å². The fraction of sp³-hybridized carbons (Fsp3) is 0.263. The minimum absolute atomic E-state index is 0.160. The van der Waals surface area contributed by atoms with Gasteiger partial charge in [-0.2, -0.15) is 5.26 Å². The third-order valence-corrected chi connectivity index (χ3v) is 5.57. The van der Waals surface area contributed by atoms with E-state index in [2.05, 4.69) is 25.8 Å². The van der Waals surface area contributed by atoms with Gasteiger partial charge in [0.2, 0.25) is 0 Å². The van der Waals surface area contributed by atoms with Crippen molar-refractivity contribution in [1.29, 1.82) is 5.26 Å². The molecule has 1 aromatic carbocycles. The maximum Gasteiger partial charge on any atom is 0.183 e. The van der Waals surface area contributed by atoms with E-state index in [9.17, 15) is 10.1 Å². The molecule has 1 saturated heterocycles. The normalized spacial score (nSPS) is 15.1. The summed E-state index contributed by atoms with van der Waals surface area (Å²) in [5.74, 6) is 0.790. The van der Waals surface area contributed by atoms with Crippen LogP contribution in [0.25, 0.3) is 10.1 Å². The number of nitrogens with zero attached hydrogens (tertiary/aromatic N) is 5. The largest absolute Gasteiger partial charge is 0.352 e. The first-order valence-corrected chi connectivity index (χ1v) is 9.32. The molecule has 26 heavy (non-hydrogen) atoms. The molecule has 3 heterocycles. The van der Waals surface area contributed by atoms with Crippen molar-refractivity contribution in [3.63, 3.8) is 0 Å². The monoisotopic (exact) mass is 363 g/mol. The summed E-state index contributed by atoms with van der Waals surface area (Å²) in [6, 6.07) is 10.1.